The van der Waals surface area contributed by atoms with E-state index in [1.165, 1.54) is 75.7 Å². The topological polar surface area (TPSA) is 57.5 Å². The van der Waals surface area contributed by atoms with Crippen molar-refractivity contribution in [3.8, 4) is 0 Å². The molecule has 2 saturated carbocycles. The second-order valence-corrected chi connectivity index (χ2v) is 12.6. The molecular formula is C27H50O3S2. The van der Waals surface area contributed by atoms with Gasteiger partial charge >= 0.3 is 0 Å². The summed E-state index contributed by atoms with van der Waals surface area (Å²) in [5.41, 5.74) is 0. The van der Waals surface area contributed by atoms with E-state index >= 15 is 0 Å². The minimum absolute atomic E-state index is 0.212. The van der Waals surface area contributed by atoms with Gasteiger partial charge in [0.25, 0.3) is 0 Å². The lowest BCUT2D eigenvalue weighted by molar-refractivity contribution is -0.119. The van der Waals surface area contributed by atoms with Crippen LogP contribution >= 0.6 is 23.5 Å². The van der Waals surface area contributed by atoms with Crippen LogP contribution in [-0.2, 0) is 4.79 Å². The highest BCUT2D eigenvalue weighted by molar-refractivity contribution is 7.99. The molecule has 0 saturated heterocycles. The summed E-state index contributed by atoms with van der Waals surface area (Å²) in [7, 11) is 0. The molecule has 2 atom stereocenters. The SMILES string of the molecule is O=C(CCCCC(O)CSCC1CCCCC1)CCCCC(O)CSCC1CCCCC1. The minimum atomic E-state index is -0.212. The lowest BCUT2D eigenvalue weighted by Crippen LogP contribution is -2.14. The van der Waals surface area contributed by atoms with Crippen LogP contribution in [0.1, 0.15) is 116 Å². The zero-order valence-corrected chi connectivity index (χ0v) is 22.1. The summed E-state index contributed by atoms with van der Waals surface area (Å²) in [4.78, 5) is 12.1. The number of carbonyl (C=O) groups excluding carboxylic acids is 1. The molecule has 188 valence electrons. The summed E-state index contributed by atoms with van der Waals surface area (Å²) in [5.74, 6) is 6.23. The third-order valence-electron chi connectivity index (χ3n) is 7.26. The van der Waals surface area contributed by atoms with Gasteiger partial charge in [0.15, 0.2) is 0 Å². The minimum Gasteiger partial charge on any atom is -0.392 e. The zero-order chi connectivity index (χ0) is 22.9. The largest absolute Gasteiger partial charge is 0.392 e. The van der Waals surface area contributed by atoms with Crippen LogP contribution in [0.3, 0.4) is 0 Å². The molecule has 0 aromatic carbocycles. The van der Waals surface area contributed by atoms with Crippen LogP contribution in [0, 0.1) is 11.8 Å². The summed E-state index contributed by atoms with van der Waals surface area (Å²) < 4.78 is 0. The van der Waals surface area contributed by atoms with Gasteiger partial charge in [0.05, 0.1) is 12.2 Å². The molecule has 0 amide bonds. The fourth-order valence-corrected chi connectivity index (χ4v) is 7.63. The lowest BCUT2D eigenvalue weighted by atomic mass is 9.91. The maximum absolute atomic E-state index is 12.1. The number of rotatable bonds is 18. The molecule has 3 nitrogen and oxygen atoms in total. The predicted octanol–water partition coefficient (Wildman–Crippen LogP) is 7.03. The maximum atomic E-state index is 12.1. The number of hydrogen-bond acceptors (Lipinski definition) is 5. The number of aliphatic hydroxyl groups is 2. The van der Waals surface area contributed by atoms with E-state index in [-0.39, 0.29) is 12.2 Å². The average Bonchev–Trinajstić information content (AvgIpc) is 2.81. The second kappa shape index (κ2) is 18.6. The Morgan fingerprint density at radius 1 is 0.656 bits per heavy atom. The average molecular weight is 487 g/mol. The van der Waals surface area contributed by atoms with Crippen LogP contribution in [0.25, 0.3) is 0 Å². The van der Waals surface area contributed by atoms with Crippen LogP contribution < -0.4 is 0 Å². The summed E-state index contributed by atoms with van der Waals surface area (Å²) in [6, 6.07) is 0. The first-order chi connectivity index (χ1) is 15.6. The summed E-state index contributed by atoms with van der Waals surface area (Å²) in [5, 5.41) is 20.3. The molecule has 0 aromatic heterocycles. The molecule has 2 N–H and O–H groups in total. The van der Waals surface area contributed by atoms with Crippen molar-refractivity contribution in [1.82, 2.24) is 0 Å². The fraction of sp³-hybridized carbons (Fsp3) is 0.963. The number of aliphatic hydroxyl groups excluding tert-OH is 2. The van der Waals surface area contributed by atoms with Gasteiger partial charge in [0, 0.05) is 24.3 Å². The van der Waals surface area contributed by atoms with Crippen LogP contribution in [0.5, 0.6) is 0 Å². The second-order valence-electron chi connectivity index (χ2n) is 10.4. The molecule has 2 rings (SSSR count). The molecule has 0 spiro atoms. The van der Waals surface area contributed by atoms with Gasteiger partial charge in [0.2, 0.25) is 0 Å². The smallest absolute Gasteiger partial charge is 0.132 e. The van der Waals surface area contributed by atoms with E-state index in [0.717, 1.165) is 61.9 Å². The molecule has 0 radical (unpaired) electrons. The summed E-state index contributed by atoms with van der Waals surface area (Å²) >= 11 is 3.84. The predicted molar refractivity (Wildman–Crippen MR) is 142 cm³/mol. The van der Waals surface area contributed by atoms with Crippen molar-refractivity contribution < 1.29 is 15.0 Å². The van der Waals surface area contributed by atoms with E-state index < -0.39 is 0 Å². The van der Waals surface area contributed by atoms with E-state index in [1.54, 1.807) is 0 Å². The number of thioether (sulfide) groups is 2. The highest BCUT2D eigenvalue weighted by Gasteiger charge is 2.15. The number of hydrogen-bond donors (Lipinski definition) is 2. The van der Waals surface area contributed by atoms with Gasteiger partial charge in [-0.05, 0) is 74.7 Å². The summed E-state index contributed by atoms with van der Waals surface area (Å²) in [6.45, 7) is 0. The molecule has 0 aliphatic heterocycles. The van der Waals surface area contributed by atoms with Crippen molar-refractivity contribution in [2.75, 3.05) is 23.0 Å². The Labute approximate surface area is 206 Å². The standard InChI is InChI=1S/C27H50O3S2/c28-25(15-7-9-17-26(29)21-31-19-23-11-3-1-4-12-23)16-8-10-18-27(30)22-32-20-24-13-5-2-6-14-24/h23-24,26-27,29-30H,1-22H2. The van der Waals surface area contributed by atoms with Crippen LogP contribution in [-0.4, -0.2) is 51.2 Å². The fourth-order valence-electron chi connectivity index (χ4n) is 5.15. The Hall–Kier alpha value is 0.290. The molecule has 0 aromatic rings. The Balaban J connectivity index is 1.34. The van der Waals surface area contributed by atoms with Crippen molar-refractivity contribution in [3.05, 3.63) is 0 Å². The lowest BCUT2D eigenvalue weighted by Gasteiger charge is -2.21. The zero-order valence-electron chi connectivity index (χ0n) is 20.5. The molecule has 32 heavy (non-hydrogen) atoms. The molecule has 2 aliphatic rings. The van der Waals surface area contributed by atoms with Crippen molar-refractivity contribution in [3.63, 3.8) is 0 Å². The number of ketones is 1. The van der Waals surface area contributed by atoms with Crippen molar-refractivity contribution in [2.24, 2.45) is 11.8 Å². The number of carbonyl (C=O) groups is 1. The Morgan fingerprint density at radius 3 is 1.47 bits per heavy atom. The maximum Gasteiger partial charge on any atom is 0.132 e. The molecule has 2 aliphatic carbocycles. The van der Waals surface area contributed by atoms with Gasteiger partial charge in [0.1, 0.15) is 5.78 Å². The van der Waals surface area contributed by atoms with Crippen LogP contribution in [0.15, 0.2) is 0 Å². The molecule has 5 heteroatoms. The van der Waals surface area contributed by atoms with Gasteiger partial charge in [-0.2, -0.15) is 23.5 Å². The van der Waals surface area contributed by atoms with Gasteiger partial charge in [-0.1, -0.05) is 51.4 Å². The highest BCUT2D eigenvalue weighted by atomic mass is 32.2. The first-order valence-corrected chi connectivity index (χ1v) is 16.0. The quantitative estimate of drug-likeness (QED) is 0.204. The number of Topliss-reactive ketones (excluding diaryl/α,β-unsaturated/α-hetero) is 1. The van der Waals surface area contributed by atoms with Gasteiger partial charge in [-0.25, -0.2) is 0 Å². The first-order valence-electron chi connectivity index (χ1n) is 13.7. The first kappa shape index (κ1) is 28.5. The highest BCUT2D eigenvalue weighted by Crippen LogP contribution is 2.28. The van der Waals surface area contributed by atoms with E-state index in [2.05, 4.69) is 0 Å². The van der Waals surface area contributed by atoms with E-state index in [4.69, 9.17) is 0 Å². The van der Waals surface area contributed by atoms with E-state index in [1.807, 2.05) is 23.5 Å². The monoisotopic (exact) mass is 486 g/mol. The third kappa shape index (κ3) is 14.5. The van der Waals surface area contributed by atoms with Crippen molar-refractivity contribution >= 4 is 29.3 Å². The molecule has 0 heterocycles. The van der Waals surface area contributed by atoms with E-state index in [9.17, 15) is 15.0 Å². The van der Waals surface area contributed by atoms with Crippen molar-refractivity contribution in [2.45, 2.75) is 128 Å². The Morgan fingerprint density at radius 2 is 1.06 bits per heavy atom. The van der Waals surface area contributed by atoms with Gasteiger partial charge in [-0.15, -0.1) is 0 Å². The molecule has 0 bridgehead atoms. The van der Waals surface area contributed by atoms with Crippen LogP contribution in [0.2, 0.25) is 0 Å². The summed E-state index contributed by atoms with van der Waals surface area (Å²) in [6.07, 6.45) is 20.2. The Bertz CT molecular complexity index is 422. The molecular weight excluding hydrogens is 436 g/mol. The van der Waals surface area contributed by atoms with Crippen molar-refractivity contribution in [1.29, 1.82) is 0 Å². The molecule has 2 unspecified atom stereocenters. The van der Waals surface area contributed by atoms with Gasteiger partial charge in [-0.3, -0.25) is 4.79 Å². The normalized spacial score (nSPS) is 20.3. The van der Waals surface area contributed by atoms with Crippen LogP contribution in [0.4, 0.5) is 0 Å². The van der Waals surface area contributed by atoms with Gasteiger partial charge < -0.3 is 10.2 Å². The Kier molecular flexibility index (Phi) is 16.6. The van der Waals surface area contributed by atoms with E-state index in [0.29, 0.717) is 18.6 Å². The molecule has 2 fully saturated rings. The number of unbranched alkanes of at least 4 members (excludes halogenated alkanes) is 2. The third-order valence-corrected chi connectivity index (χ3v) is 9.92.